The molecule has 1 heterocycles. The van der Waals surface area contributed by atoms with Crippen LogP contribution in [0.2, 0.25) is 0 Å². The number of amides is 1. The van der Waals surface area contributed by atoms with Crippen molar-refractivity contribution in [2.75, 3.05) is 19.3 Å². The zero-order valence-corrected chi connectivity index (χ0v) is 11.5. The fourth-order valence-corrected chi connectivity index (χ4v) is 2.32. The molecular weight excluding hydrogens is 283 g/mol. The Kier molecular flexibility index (Phi) is 4.76. The first kappa shape index (κ1) is 16.1. The lowest BCUT2D eigenvalue weighted by atomic mass is 9.86. The average molecular weight is 299 g/mol. The third-order valence-electron chi connectivity index (χ3n) is 3.44. The van der Waals surface area contributed by atoms with E-state index in [1.54, 1.807) is 13.2 Å². The van der Waals surface area contributed by atoms with Gasteiger partial charge in [0.1, 0.15) is 0 Å². The summed E-state index contributed by atoms with van der Waals surface area (Å²) in [6.45, 7) is 0.852. The topological polar surface area (TPSA) is 57.6 Å². The molecule has 0 aliphatic carbocycles. The number of carboxylic acids is 1. The average Bonchev–Trinajstić information content (AvgIpc) is 2.74. The zero-order valence-electron chi connectivity index (χ0n) is 10.7. The number of hydrogen-bond acceptors (Lipinski definition) is 3. The smallest absolute Gasteiger partial charge is 0.406 e. The highest BCUT2D eigenvalue weighted by atomic mass is 32.2. The maximum absolute atomic E-state index is 12.9. The Labute approximate surface area is 113 Å². The highest BCUT2D eigenvalue weighted by Gasteiger charge is 2.64. The Morgan fingerprint density at radius 2 is 2.05 bits per heavy atom. The van der Waals surface area contributed by atoms with Crippen molar-refractivity contribution in [3.63, 3.8) is 0 Å². The van der Waals surface area contributed by atoms with Crippen molar-refractivity contribution < 1.29 is 27.9 Å². The zero-order chi connectivity index (χ0) is 14.8. The van der Waals surface area contributed by atoms with Crippen molar-refractivity contribution in [3.8, 4) is 0 Å². The van der Waals surface area contributed by atoms with Gasteiger partial charge in [0.15, 0.2) is 5.41 Å². The minimum Gasteiger partial charge on any atom is -0.481 e. The van der Waals surface area contributed by atoms with E-state index in [2.05, 4.69) is 0 Å². The van der Waals surface area contributed by atoms with Crippen LogP contribution < -0.4 is 0 Å². The maximum Gasteiger partial charge on any atom is 0.406 e. The van der Waals surface area contributed by atoms with Crippen LogP contribution in [0.5, 0.6) is 0 Å². The second-order valence-electron chi connectivity index (χ2n) is 4.70. The van der Waals surface area contributed by atoms with Crippen LogP contribution in [0, 0.1) is 5.41 Å². The second-order valence-corrected chi connectivity index (χ2v) is 5.98. The molecular formula is C11H16F3NO3S. The minimum absolute atomic E-state index is 0.00165. The van der Waals surface area contributed by atoms with Gasteiger partial charge in [-0.2, -0.15) is 24.9 Å². The van der Waals surface area contributed by atoms with Gasteiger partial charge >= 0.3 is 12.1 Å². The van der Waals surface area contributed by atoms with Crippen LogP contribution in [-0.4, -0.2) is 52.7 Å². The van der Waals surface area contributed by atoms with Crippen molar-refractivity contribution in [1.29, 1.82) is 0 Å². The van der Waals surface area contributed by atoms with E-state index in [1.165, 1.54) is 11.8 Å². The van der Waals surface area contributed by atoms with Gasteiger partial charge in [0.25, 0.3) is 0 Å². The summed E-state index contributed by atoms with van der Waals surface area (Å²) in [4.78, 5) is 23.8. The molecule has 1 aliphatic rings. The van der Waals surface area contributed by atoms with E-state index in [4.69, 9.17) is 5.11 Å². The van der Waals surface area contributed by atoms with Gasteiger partial charge in [-0.3, -0.25) is 9.59 Å². The molecule has 0 saturated carbocycles. The van der Waals surface area contributed by atoms with E-state index in [9.17, 15) is 22.8 Å². The van der Waals surface area contributed by atoms with E-state index in [0.717, 1.165) is 4.90 Å². The number of rotatable bonds is 4. The van der Waals surface area contributed by atoms with Gasteiger partial charge in [0.2, 0.25) is 5.91 Å². The minimum atomic E-state index is -4.85. The van der Waals surface area contributed by atoms with Gasteiger partial charge in [-0.1, -0.05) is 6.92 Å². The highest BCUT2D eigenvalue weighted by molar-refractivity contribution is 7.99. The SMILES string of the molecule is CSC(C)CC(=O)N1CCC(C(=O)O)(C(F)(F)F)C1. The number of carboxylic acid groups (broad SMARTS) is 1. The number of alkyl halides is 3. The van der Waals surface area contributed by atoms with Crippen LogP contribution in [0.15, 0.2) is 0 Å². The largest absolute Gasteiger partial charge is 0.481 e. The van der Waals surface area contributed by atoms with Crippen LogP contribution in [0.4, 0.5) is 13.2 Å². The molecule has 1 fully saturated rings. The number of hydrogen-bond donors (Lipinski definition) is 1. The summed E-state index contributed by atoms with van der Waals surface area (Å²) in [5, 5.41) is 8.86. The van der Waals surface area contributed by atoms with E-state index >= 15 is 0 Å². The number of carbonyl (C=O) groups is 2. The molecule has 1 amide bonds. The Balaban J connectivity index is 2.81. The first-order chi connectivity index (χ1) is 8.64. The molecule has 0 aromatic rings. The molecule has 2 unspecified atom stereocenters. The van der Waals surface area contributed by atoms with Crippen molar-refractivity contribution >= 4 is 23.6 Å². The highest BCUT2D eigenvalue weighted by Crippen LogP contribution is 2.45. The van der Waals surface area contributed by atoms with E-state index in [1.807, 2.05) is 0 Å². The predicted molar refractivity (Wildman–Crippen MR) is 64.9 cm³/mol. The quantitative estimate of drug-likeness (QED) is 0.862. The molecule has 110 valence electrons. The van der Waals surface area contributed by atoms with Crippen LogP contribution in [0.3, 0.4) is 0 Å². The Bertz CT molecular complexity index is 375. The molecule has 0 spiro atoms. The monoisotopic (exact) mass is 299 g/mol. The molecule has 8 heteroatoms. The normalized spacial score (nSPS) is 25.4. The van der Waals surface area contributed by atoms with Gasteiger partial charge in [0.05, 0.1) is 0 Å². The van der Waals surface area contributed by atoms with Crippen LogP contribution >= 0.6 is 11.8 Å². The molecule has 4 nitrogen and oxygen atoms in total. The Morgan fingerprint density at radius 1 is 1.47 bits per heavy atom. The second kappa shape index (κ2) is 5.60. The summed E-state index contributed by atoms with van der Waals surface area (Å²) in [5.41, 5.74) is -2.81. The molecule has 1 N–H and O–H groups in total. The number of thioether (sulfide) groups is 1. The van der Waals surface area contributed by atoms with Gasteiger partial charge in [-0.05, 0) is 12.7 Å². The number of carbonyl (C=O) groups excluding carboxylic acids is 1. The third-order valence-corrected chi connectivity index (χ3v) is 4.41. The molecule has 19 heavy (non-hydrogen) atoms. The van der Waals surface area contributed by atoms with E-state index < -0.39 is 36.4 Å². The number of halogens is 3. The first-order valence-corrected chi connectivity index (χ1v) is 7.03. The predicted octanol–water partition coefficient (Wildman–Crippen LogP) is 1.99. The maximum atomic E-state index is 12.9. The van der Waals surface area contributed by atoms with Crippen LogP contribution in [0.1, 0.15) is 19.8 Å². The molecule has 1 rings (SSSR count). The summed E-state index contributed by atoms with van der Waals surface area (Å²) in [7, 11) is 0. The fraction of sp³-hybridized carbons (Fsp3) is 0.818. The molecule has 0 aromatic heterocycles. The molecule has 1 saturated heterocycles. The van der Waals surface area contributed by atoms with Crippen molar-refractivity contribution in [1.82, 2.24) is 4.90 Å². The number of likely N-dealkylation sites (tertiary alicyclic amines) is 1. The summed E-state index contributed by atoms with van der Waals surface area (Å²) in [6.07, 6.45) is -3.50. The van der Waals surface area contributed by atoms with Crippen LogP contribution in [0.25, 0.3) is 0 Å². The number of aliphatic carboxylic acids is 1. The van der Waals surface area contributed by atoms with Gasteiger partial charge in [-0.25, -0.2) is 0 Å². The lowest BCUT2D eigenvalue weighted by Gasteiger charge is -2.27. The van der Waals surface area contributed by atoms with Crippen molar-refractivity contribution in [3.05, 3.63) is 0 Å². The van der Waals surface area contributed by atoms with Crippen molar-refractivity contribution in [2.24, 2.45) is 5.41 Å². The van der Waals surface area contributed by atoms with Gasteiger partial charge in [0, 0.05) is 24.8 Å². The number of nitrogens with zero attached hydrogens (tertiary/aromatic N) is 1. The van der Waals surface area contributed by atoms with E-state index in [0.29, 0.717) is 0 Å². The molecule has 2 atom stereocenters. The fourth-order valence-electron chi connectivity index (χ4n) is 2.01. The molecule has 1 aliphatic heterocycles. The molecule has 0 aromatic carbocycles. The van der Waals surface area contributed by atoms with Gasteiger partial charge in [-0.15, -0.1) is 0 Å². The third kappa shape index (κ3) is 3.16. The summed E-state index contributed by atoms with van der Waals surface area (Å²) < 4.78 is 38.7. The lowest BCUT2D eigenvalue weighted by Crippen LogP contribution is -2.47. The molecule has 0 bridgehead atoms. The first-order valence-electron chi connectivity index (χ1n) is 5.75. The van der Waals surface area contributed by atoms with E-state index in [-0.39, 0.29) is 18.2 Å². The summed E-state index contributed by atoms with van der Waals surface area (Å²) in [6, 6.07) is 0. The van der Waals surface area contributed by atoms with Crippen LogP contribution in [-0.2, 0) is 9.59 Å². The summed E-state index contributed by atoms with van der Waals surface area (Å²) >= 11 is 1.44. The summed E-state index contributed by atoms with van der Waals surface area (Å²) in [5.74, 6) is -2.33. The standard InChI is InChI=1S/C11H16F3NO3S/c1-7(19-2)5-8(16)15-4-3-10(6-15,9(17)18)11(12,13)14/h7H,3-6H2,1-2H3,(H,17,18). The van der Waals surface area contributed by atoms with Gasteiger partial charge < -0.3 is 10.0 Å². The van der Waals surface area contributed by atoms with Crippen molar-refractivity contribution in [2.45, 2.75) is 31.2 Å². The Morgan fingerprint density at radius 3 is 2.42 bits per heavy atom. The molecule has 0 radical (unpaired) electrons. The Hall–Kier alpha value is -0.920. The lowest BCUT2D eigenvalue weighted by molar-refractivity contribution is -0.227.